The lowest BCUT2D eigenvalue weighted by atomic mass is 10.2. The van der Waals surface area contributed by atoms with Gasteiger partial charge in [0.25, 0.3) is 5.91 Å². The molecule has 0 saturated heterocycles. The molecule has 86 valence electrons. The zero-order valence-corrected chi connectivity index (χ0v) is 10.6. The van der Waals surface area contributed by atoms with E-state index in [0.29, 0.717) is 16.6 Å². The number of hydrogen-bond donors (Lipinski definition) is 1. The van der Waals surface area contributed by atoms with Crippen molar-refractivity contribution >= 4 is 21.8 Å². The number of rotatable bonds is 4. The summed E-state index contributed by atoms with van der Waals surface area (Å²) >= 11 is 3.14. The van der Waals surface area contributed by atoms with Crippen molar-refractivity contribution in [2.75, 3.05) is 6.54 Å². The van der Waals surface area contributed by atoms with Crippen LogP contribution >= 0.6 is 15.9 Å². The average Bonchev–Trinajstić information content (AvgIpc) is 2.22. The van der Waals surface area contributed by atoms with E-state index < -0.39 is 5.82 Å². The summed E-state index contributed by atoms with van der Waals surface area (Å²) in [7, 11) is 0. The molecule has 0 heterocycles. The fourth-order valence-electron chi connectivity index (χ4n) is 1.22. The molecule has 1 aromatic rings. The Morgan fingerprint density at radius 3 is 2.88 bits per heavy atom. The van der Waals surface area contributed by atoms with Gasteiger partial charge in [0.15, 0.2) is 0 Å². The minimum atomic E-state index is -0.423. The first kappa shape index (κ1) is 12.9. The first-order chi connectivity index (χ1) is 7.63. The Morgan fingerprint density at radius 1 is 1.50 bits per heavy atom. The molecule has 2 nitrogen and oxygen atoms in total. The molecule has 16 heavy (non-hydrogen) atoms. The van der Waals surface area contributed by atoms with Crippen LogP contribution in [0.25, 0.3) is 0 Å². The third-order valence-electron chi connectivity index (χ3n) is 1.96. The quantitative estimate of drug-likeness (QED) is 0.668. The number of carbonyl (C=O) groups excluding carboxylic acids is 1. The maximum absolute atomic E-state index is 13.0. The average molecular weight is 286 g/mol. The van der Waals surface area contributed by atoms with E-state index in [0.717, 1.165) is 6.42 Å². The number of halogens is 2. The molecule has 4 heteroatoms. The van der Waals surface area contributed by atoms with Crippen LogP contribution in [0.15, 0.2) is 34.8 Å². The third-order valence-corrected chi connectivity index (χ3v) is 2.41. The summed E-state index contributed by atoms with van der Waals surface area (Å²) in [5.74, 6) is -0.683. The molecule has 0 spiro atoms. The minimum absolute atomic E-state index is 0.260. The third kappa shape index (κ3) is 4.14. The van der Waals surface area contributed by atoms with Gasteiger partial charge >= 0.3 is 0 Å². The molecule has 0 aromatic heterocycles. The second kappa shape index (κ2) is 6.43. The standard InChI is InChI=1S/C12H13BrFNO/c1-2-3-4-5-15-12(16)9-6-10(13)8-11(14)7-9/h2-3,6-8H,4-5H2,1H3,(H,15,16)/b3-2+. The SMILES string of the molecule is C/C=C/CCNC(=O)c1cc(F)cc(Br)c1. The predicted octanol–water partition coefficient (Wildman–Crippen LogP) is 3.28. The highest BCUT2D eigenvalue weighted by Crippen LogP contribution is 2.14. The molecule has 0 aliphatic carbocycles. The fraction of sp³-hybridized carbons (Fsp3) is 0.250. The molecule has 0 radical (unpaired) electrons. The molecule has 1 amide bonds. The number of allylic oxidation sites excluding steroid dienone is 1. The summed E-state index contributed by atoms with van der Waals surface area (Å²) in [6, 6.07) is 4.13. The summed E-state index contributed by atoms with van der Waals surface area (Å²) in [5, 5.41) is 2.71. The normalized spacial score (nSPS) is 10.7. The lowest BCUT2D eigenvalue weighted by Crippen LogP contribution is -2.24. The summed E-state index contributed by atoms with van der Waals surface area (Å²) in [4.78, 5) is 11.6. The highest BCUT2D eigenvalue weighted by atomic mass is 79.9. The number of nitrogens with one attached hydrogen (secondary N) is 1. The van der Waals surface area contributed by atoms with E-state index in [1.807, 2.05) is 19.1 Å². The lowest BCUT2D eigenvalue weighted by molar-refractivity contribution is 0.0954. The molecular formula is C12H13BrFNO. The molecule has 0 saturated carbocycles. The van der Waals surface area contributed by atoms with Crippen LogP contribution in [0.2, 0.25) is 0 Å². The van der Waals surface area contributed by atoms with E-state index in [4.69, 9.17) is 0 Å². The Kier molecular flexibility index (Phi) is 5.19. The van der Waals surface area contributed by atoms with Crippen molar-refractivity contribution in [1.29, 1.82) is 0 Å². The number of hydrogen-bond acceptors (Lipinski definition) is 1. The minimum Gasteiger partial charge on any atom is -0.352 e. The van der Waals surface area contributed by atoms with Crippen LogP contribution in [-0.4, -0.2) is 12.5 Å². The van der Waals surface area contributed by atoms with Gasteiger partial charge in [-0.2, -0.15) is 0 Å². The van der Waals surface area contributed by atoms with E-state index in [-0.39, 0.29) is 5.91 Å². The van der Waals surface area contributed by atoms with Crippen LogP contribution in [0.4, 0.5) is 4.39 Å². The molecule has 1 rings (SSSR count). The van der Waals surface area contributed by atoms with Crippen molar-refractivity contribution in [3.63, 3.8) is 0 Å². The van der Waals surface area contributed by atoms with Gasteiger partial charge in [0.1, 0.15) is 5.82 Å². The lowest BCUT2D eigenvalue weighted by Gasteiger charge is -2.04. The van der Waals surface area contributed by atoms with Crippen molar-refractivity contribution in [2.45, 2.75) is 13.3 Å². The molecule has 0 atom stereocenters. The molecule has 0 bridgehead atoms. The first-order valence-electron chi connectivity index (χ1n) is 4.99. The van der Waals surface area contributed by atoms with Crippen LogP contribution in [0.3, 0.4) is 0 Å². The smallest absolute Gasteiger partial charge is 0.251 e. The fourth-order valence-corrected chi connectivity index (χ4v) is 1.69. The van der Waals surface area contributed by atoms with Crippen LogP contribution < -0.4 is 5.32 Å². The molecule has 0 unspecified atom stereocenters. The van der Waals surface area contributed by atoms with Crippen molar-refractivity contribution in [1.82, 2.24) is 5.32 Å². The monoisotopic (exact) mass is 285 g/mol. The number of benzene rings is 1. The van der Waals surface area contributed by atoms with Gasteiger partial charge in [0.2, 0.25) is 0 Å². The molecule has 0 aliphatic rings. The first-order valence-corrected chi connectivity index (χ1v) is 5.78. The number of amides is 1. The largest absolute Gasteiger partial charge is 0.352 e. The highest BCUT2D eigenvalue weighted by Gasteiger charge is 2.06. The highest BCUT2D eigenvalue weighted by molar-refractivity contribution is 9.10. The van der Waals surface area contributed by atoms with Crippen molar-refractivity contribution < 1.29 is 9.18 Å². The molecule has 1 aromatic carbocycles. The Labute approximate surface area is 103 Å². The van der Waals surface area contributed by atoms with Gasteiger partial charge in [-0.1, -0.05) is 28.1 Å². The van der Waals surface area contributed by atoms with E-state index in [1.165, 1.54) is 12.1 Å². The summed E-state index contributed by atoms with van der Waals surface area (Å²) in [5.41, 5.74) is 0.326. The summed E-state index contributed by atoms with van der Waals surface area (Å²) in [6.45, 7) is 2.48. The van der Waals surface area contributed by atoms with Gasteiger partial charge in [-0.25, -0.2) is 4.39 Å². The zero-order valence-electron chi connectivity index (χ0n) is 8.97. The van der Waals surface area contributed by atoms with Crippen molar-refractivity contribution in [2.24, 2.45) is 0 Å². The maximum Gasteiger partial charge on any atom is 0.251 e. The Hall–Kier alpha value is -1.16. The van der Waals surface area contributed by atoms with Gasteiger partial charge < -0.3 is 5.32 Å². The Morgan fingerprint density at radius 2 is 2.25 bits per heavy atom. The molecular weight excluding hydrogens is 273 g/mol. The second-order valence-electron chi connectivity index (χ2n) is 3.27. The summed E-state index contributed by atoms with van der Waals surface area (Å²) in [6.07, 6.45) is 4.66. The van der Waals surface area contributed by atoms with E-state index in [9.17, 15) is 9.18 Å². The van der Waals surface area contributed by atoms with E-state index in [1.54, 1.807) is 6.07 Å². The zero-order chi connectivity index (χ0) is 12.0. The van der Waals surface area contributed by atoms with Gasteiger partial charge in [-0.3, -0.25) is 4.79 Å². The van der Waals surface area contributed by atoms with E-state index >= 15 is 0 Å². The second-order valence-corrected chi connectivity index (χ2v) is 4.19. The predicted molar refractivity (Wildman–Crippen MR) is 65.9 cm³/mol. The van der Waals surface area contributed by atoms with Crippen molar-refractivity contribution in [3.05, 3.63) is 46.2 Å². The van der Waals surface area contributed by atoms with Gasteiger partial charge in [-0.15, -0.1) is 0 Å². The molecule has 0 fully saturated rings. The summed E-state index contributed by atoms with van der Waals surface area (Å²) < 4.78 is 13.6. The topological polar surface area (TPSA) is 29.1 Å². The van der Waals surface area contributed by atoms with Gasteiger partial charge in [0, 0.05) is 16.6 Å². The number of carbonyl (C=O) groups is 1. The Balaban J connectivity index is 2.59. The van der Waals surface area contributed by atoms with Crippen LogP contribution in [0.5, 0.6) is 0 Å². The van der Waals surface area contributed by atoms with Gasteiger partial charge in [-0.05, 0) is 31.5 Å². The molecule has 0 aliphatic heterocycles. The van der Waals surface area contributed by atoms with Crippen LogP contribution in [0, 0.1) is 5.82 Å². The van der Waals surface area contributed by atoms with Gasteiger partial charge in [0.05, 0.1) is 0 Å². The molecule has 1 N–H and O–H groups in total. The van der Waals surface area contributed by atoms with E-state index in [2.05, 4.69) is 21.2 Å². The van der Waals surface area contributed by atoms with Crippen LogP contribution in [0.1, 0.15) is 23.7 Å². The van der Waals surface area contributed by atoms with Crippen molar-refractivity contribution in [3.8, 4) is 0 Å². The van der Waals surface area contributed by atoms with Crippen LogP contribution in [-0.2, 0) is 0 Å². The maximum atomic E-state index is 13.0. The Bertz CT molecular complexity index is 384.